The second kappa shape index (κ2) is 5.71. The average Bonchev–Trinajstić information content (AvgIpc) is 2.79. The molecule has 0 radical (unpaired) electrons. The van der Waals surface area contributed by atoms with Crippen LogP contribution in [0.4, 0.5) is 0 Å². The van der Waals surface area contributed by atoms with Gasteiger partial charge >= 0.3 is 0 Å². The first-order valence-electron chi connectivity index (χ1n) is 7.06. The van der Waals surface area contributed by atoms with Gasteiger partial charge in [-0.1, -0.05) is 50.3 Å². The fourth-order valence-corrected chi connectivity index (χ4v) is 2.93. The number of hydrogen-bond acceptors (Lipinski definition) is 1. The Morgan fingerprint density at radius 2 is 1.83 bits per heavy atom. The zero-order chi connectivity index (χ0) is 13.0. The highest BCUT2D eigenvalue weighted by atomic mass is 14.9. The summed E-state index contributed by atoms with van der Waals surface area (Å²) >= 11 is 0. The van der Waals surface area contributed by atoms with Gasteiger partial charge in [0.2, 0.25) is 0 Å². The molecule has 0 aromatic heterocycles. The first-order chi connectivity index (χ1) is 8.64. The largest absolute Gasteiger partial charge is 0.316 e. The summed E-state index contributed by atoms with van der Waals surface area (Å²) in [6, 6.07) is 8.85. The highest BCUT2D eigenvalue weighted by Gasteiger charge is 2.33. The third-order valence-electron chi connectivity index (χ3n) is 3.92. The maximum atomic E-state index is 3.65. The molecule has 0 bridgehead atoms. The van der Waals surface area contributed by atoms with E-state index in [1.807, 2.05) is 0 Å². The summed E-state index contributed by atoms with van der Waals surface area (Å²) in [6.07, 6.45) is 7.01. The van der Waals surface area contributed by atoms with E-state index in [0.29, 0.717) is 11.3 Å². The molecule has 1 N–H and O–H groups in total. The molecule has 1 aromatic carbocycles. The second-order valence-electron chi connectivity index (χ2n) is 6.00. The van der Waals surface area contributed by atoms with Gasteiger partial charge in [-0.2, -0.15) is 0 Å². The molecule has 1 aliphatic rings. The van der Waals surface area contributed by atoms with E-state index in [2.05, 4.69) is 62.5 Å². The van der Waals surface area contributed by atoms with E-state index in [1.165, 1.54) is 24.0 Å². The molecule has 98 valence electrons. The van der Waals surface area contributed by atoms with Gasteiger partial charge in [0, 0.05) is 12.0 Å². The van der Waals surface area contributed by atoms with Crippen molar-refractivity contribution in [3.63, 3.8) is 0 Å². The fourth-order valence-electron chi connectivity index (χ4n) is 2.93. The van der Waals surface area contributed by atoms with Crippen molar-refractivity contribution in [3.05, 3.63) is 47.5 Å². The number of rotatable bonds is 5. The van der Waals surface area contributed by atoms with Gasteiger partial charge in [0.25, 0.3) is 0 Å². The first-order valence-corrected chi connectivity index (χ1v) is 7.06. The number of benzene rings is 1. The van der Waals surface area contributed by atoms with Crippen LogP contribution in [-0.4, -0.2) is 13.1 Å². The Kier molecular flexibility index (Phi) is 4.23. The molecule has 0 unspecified atom stereocenters. The molecule has 1 aromatic rings. The predicted molar refractivity (Wildman–Crippen MR) is 78.9 cm³/mol. The van der Waals surface area contributed by atoms with E-state index in [9.17, 15) is 0 Å². The smallest absolute Gasteiger partial charge is 0.0149 e. The lowest BCUT2D eigenvalue weighted by Crippen LogP contribution is -2.38. The quantitative estimate of drug-likeness (QED) is 0.775. The van der Waals surface area contributed by atoms with Crippen LogP contribution in [0.5, 0.6) is 0 Å². The molecule has 0 amide bonds. The lowest BCUT2D eigenvalue weighted by molar-refractivity contribution is 0.401. The highest BCUT2D eigenvalue weighted by Crippen LogP contribution is 2.38. The van der Waals surface area contributed by atoms with Crippen molar-refractivity contribution in [2.75, 3.05) is 13.1 Å². The third-order valence-corrected chi connectivity index (χ3v) is 3.92. The monoisotopic (exact) mass is 243 g/mol. The highest BCUT2D eigenvalue weighted by molar-refractivity contribution is 5.37. The van der Waals surface area contributed by atoms with Crippen molar-refractivity contribution in [1.29, 1.82) is 0 Å². The van der Waals surface area contributed by atoms with Crippen LogP contribution in [0.25, 0.3) is 0 Å². The van der Waals surface area contributed by atoms with Crippen LogP contribution in [0, 0.1) is 12.8 Å². The molecule has 1 aliphatic carbocycles. The number of allylic oxidation sites excluding steroid dienone is 2. The predicted octanol–water partition coefficient (Wildman–Crippen LogP) is 3.83. The van der Waals surface area contributed by atoms with Crippen molar-refractivity contribution in [3.8, 4) is 0 Å². The Morgan fingerprint density at radius 1 is 1.17 bits per heavy atom. The van der Waals surface area contributed by atoms with E-state index >= 15 is 0 Å². The summed E-state index contributed by atoms with van der Waals surface area (Å²) in [6.45, 7) is 8.95. The Balaban J connectivity index is 2.15. The molecule has 0 atom stereocenters. The molecule has 0 fully saturated rings. The summed E-state index contributed by atoms with van der Waals surface area (Å²) < 4.78 is 0. The fraction of sp³-hybridized carbons (Fsp3) is 0.529. The first kappa shape index (κ1) is 13.4. The number of hydrogen-bond donors (Lipinski definition) is 1. The maximum Gasteiger partial charge on any atom is 0.0149 e. The van der Waals surface area contributed by atoms with Crippen molar-refractivity contribution in [2.45, 2.75) is 39.0 Å². The van der Waals surface area contributed by atoms with Gasteiger partial charge in [0.15, 0.2) is 0 Å². The summed E-state index contributed by atoms with van der Waals surface area (Å²) in [5.74, 6) is 0.716. The minimum absolute atomic E-state index is 0.292. The molecular weight excluding hydrogens is 218 g/mol. The van der Waals surface area contributed by atoms with E-state index in [1.54, 1.807) is 0 Å². The standard InChI is InChI=1S/C17H25N/c1-14(2)12-18-13-17(10-6-7-11-17)16-9-5-4-8-15(16)3/h4-9,14,18H,10-13H2,1-3H3. The lowest BCUT2D eigenvalue weighted by Gasteiger charge is -2.32. The minimum Gasteiger partial charge on any atom is -0.316 e. The van der Waals surface area contributed by atoms with Crippen molar-refractivity contribution < 1.29 is 0 Å². The molecule has 2 rings (SSSR count). The molecule has 1 heteroatoms. The average molecular weight is 243 g/mol. The van der Waals surface area contributed by atoms with Gasteiger partial charge in [-0.05, 0) is 43.4 Å². The Morgan fingerprint density at radius 3 is 2.44 bits per heavy atom. The van der Waals surface area contributed by atoms with E-state index < -0.39 is 0 Å². The van der Waals surface area contributed by atoms with E-state index in [-0.39, 0.29) is 0 Å². The van der Waals surface area contributed by atoms with Gasteiger partial charge < -0.3 is 5.32 Å². The zero-order valence-electron chi connectivity index (χ0n) is 11.9. The SMILES string of the molecule is Cc1ccccc1C1(CNCC(C)C)CC=CC1. The van der Waals surface area contributed by atoms with Crippen LogP contribution < -0.4 is 5.32 Å². The second-order valence-corrected chi connectivity index (χ2v) is 6.00. The van der Waals surface area contributed by atoms with Crippen LogP contribution in [0.3, 0.4) is 0 Å². The summed E-state index contributed by atoms with van der Waals surface area (Å²) in [5.41, 5.74) is 3.24. The van der Waals surface area contributed by atoms with E-state index in [4.69, 9.17) is 0 Å². The lowest BCUT2D eigenvalue weighted by atomic mass is 9.76. The van der Waals surface area contributed by atoms with Gasteiger partial charge in [-0.25, -0.2) is 0 Å². The molecular formula is C17H25N. The Bertz CT molecular complexity index is 409. The Hall–Kier alpha value is -1.08. The van der Waals surface area contributed by atoms with Crippen LogP contribution >= 0.6 is 0 Å². The molecule has 18 heavy (non-hydrogen) atoms. The van der Waals surface area contributed by atoms with Gasteiger partial charge in [0.05, 0.1) is 0 Å². The summed E-state index contributed by atoms with van der Waals surface area (Å²) in [5, 5.41) is 3.65. The van der Waals surface area contributed by atoms with Crippen LogP contribution in [0.15, 0.2) is 36.4 Å². The third kappa shape index (κ3) is 2.84. The van der Waals surface area contributed by atoms with Crippen LogP contribution in [0.2, 0.25) is 0 Å². The van der Waals surface area contributed by atoms with Crippen molar-refractivity contribution in [2.24, 2.45) is 5.92 Å². The van der Waals surface area contributed by atoms with Gasteiger partial charge in [-0.15, -0.1) is 0 Å². The van der Waals surface area contributed by atoms with Crippen molar-refractivity contribution >= 4 is 0 Å². The Labute approximate surface area is 111 Å². The number of aryl methyl sites for hydroxylation is 1. The minimum atomic E-state index is 0.292. The van der Waals surface area contributed by atoms with Gasteiger partial charge in [0.1, 0.15) is 0 Å². The maximum absolute atomic E-state index is 3.65. The molecule has 0 aliphatic heterocycles. The van der Waals surface area contributed by atoms with E-state index in [0.717, 1.165) is 13.1 Å². The zero-order valence-corrected chi connectivity index (χ0v) is 11.9. The van der Waals surface area contributed by atoms with Crippen molar-refractivity contribution in [1.82, 2.24) is 5.32 Å². The summed E-state index contributed by atoms with van der Waals surface area (Å²) in [4.78, 5) is 0. The number of nitrogens with one attached hydrogen (secondary N) is 1. The molecule has 0 spiro atoms. The van der Waals surface area contributed by atoms with Gasteiger partial charge in [-0.3, -0.25) is 0 Å². The van der Waals surface area contributed by atoms with Crippen LogP contribution in [0.1, 0.15) is 37.8 Å². The van der Waals surface area contributed by atoms with Crippen LogP contribution in [-0.2, 0) is 5.41 Å². The summed E-state index contributed by atoms with van der Waals surface area (Å²) in [7, 11) is 0. The molecule has 1 nitrogen and oxygen atoms in total. The molecule has 0 heterocycles. The molecule has 0 saturated heterocycles. The topological polar surface area (TPSA) is 12.0 Å². The normalized spacial score (nSPS) is 17.6. The molecule has 0 saturated carbocycles.